The molecule has 140 valence electrons. The molecule has 6 heteroatoms. The third kappa shape index (κ3) is 2.96. The van der Waals surface area contributed by atoms with E-state index < -0.39 is 5.97 Å². The van der Waals surface area contributed by atoms with Crippen LogP contribution < -0.4 is 0 Å². The van der Waals surface area contributed by atoms with Gasteiger partial charge >= 0.3 is 5.97 Å². The Labute approximate surface area is 169 Å². The maximum absolute atomic E-state index is 11.9. The smallest absolute Gasteiger partial charge is 0.341 e. The van der Waals surface area contributed by atoms with Crippen LogP contribution in [0, 0.1) is 6.92 Å². The molecule has 0 saturated carbocycles. The highest BCUT2D eigenvalue weighted by Crippen LogP contribution is 2.39. The van der Waals surface area contributed by atoms with Crippen molar-refractivity contribution in [2.45, 2.75) is 6.92 Å². The van der Waals surface area contributed by atoms with Crippen LogP contribution in [-0.2, 0) is 4.74 Å². The van der Waals surface area contributed by atoms with Crippen LogP contribution in [0.25, 0.3) is 33.7 Å². The Morgan fingerprint density at radius 3 is 2.54 bits per heavy atom. The number of ether oxygens (including phenoxy) is 1. The summed E-state index contributed by atoms with van der Waals surface area (Å²) in [5.74, 6) is -0.476. The van der Waals surface area contributed by atoms with E-state index >= 15 is 0 Å². The third-order valence-corrected chi connectivity index (χ3v) is 5.39. The normalized spacial score (nSPS) is 11.0. The van der Waals surface area contributed by atoms with E-state index in [9.17, 15) is 9.90 Å². The zero-order chi connectivity index (χ0) is 19.8. The summed E-state index contributed by atoms with van der Waals surface area (Å²) in [6.07, 6.45) is 0. The average molecular weight is 438 g/mol. The molecule has 4 aromatic rings. The Balaban J connectivity index is 1.89. The molecule has 1 heterocycles. The monoisotopic (exact) mass is 437 g/mol. The van der Waals surface area contributed by atoms with Crippen molar-refractivity contribution in [3.05, 3.63) is 70.2 Å². The van der Waals surface area contributed by atoms with Gasteiger partial charge in [-0.1, -0.05) is 42.5 Å². The number of methoxy groups -OCH3 is 1. The third-order valence-electron chi connectivity index (χ3n) is 4.65. The number of fused-ring (bicyclic) bond motifs is 1. The molecule has 0 aliphatic heterocycles. The fourth-order valence-corrected chi connectivity index (χ4v) is 3.69. The van der Waals surface area contributed by atoms with Crippen LogP contribution in [0.15, 0.2) is 63.5 Å². The first-order valence-corrected chi connectivity index (χ1v) is 9.36. The molecule has 0 amide bonds. The van der Waals surface area contributed by atoms with Crippen molar-refractivity contribution >= 4 is 33.0 Å². The van der Waals surface area contributed by atoms with E-state index in [4.69, 9.17) is 9.15 Å². The van der Waals surface area contributed by atoms with Crippen LogP contribution in [-0.4, -0.2) is 23.2 Å². The molecule has 0 aliphatic rings. The Kier molecular flexibility index (Phi) is 4.65. The standard InChI is InChI=1S/C22H16BrNO4/c1-12-14(13-7-4-3-5-8-13)9-6-10-15(12)21-24-17-11-16(22(26)27-2)19(25)18(23)20(17)28-21/h3-11,25H,1-2H3. The fourth-order valence-electron chi connectivity index (χ4n) is 3.20. The fraction of sp³-hybridized carbons (Fsp3) is 0.0909. The topological polar surface area (TPSA) is 72.6 Å². The minimum Gasteiger partial charge on any atom is -0.506 e. The van der Waals surface area contributed by atoms with Gasteiger partial charge < -0.3 is 14.3 Å². The summed E-state index contributed by atoms with van der Waals surface area (Å²) < 4.78 is 10.9. The van der Waals surface area contributed by atoms with E-state index in [0.29, 0.717) is 17.0 Å². The number of rotatable bonds is 3. The molecule has 3 aromatic carbocycles. The SMILES string of the molecule is COC(=O)c1cc2nc(-c3cccc(-c4ccccc4)c3C)oc2c(Br)c1O. The summed E-state index contributed by atoms with van der Waals surface area (Å²) in [6.45, 7) is 2.01. The molecule has 0 fully saturated rings. The lowest BCUT2D eigenvalue weighted by molar-refractivity contribution is 0.0597. The van der Waals surface area contributed by atoms with Crippen molar-refractivity contribution < 1.29 is 19.1 Å². The molecule has 0 radical (unpaired) electrons. The number of esters is 1. The van der Waals surface area contributed by atoms with Crippen LogP contribution in [0.5, 0.6) is 5.75 Å². The molecule has 1 N–H and O–H groups in total. The number of hydrogen-bond acceptors (Lipinski definition) is 5. The zero-order valence-corrected chi connectivity index (χ0v) is 16.8. The molecule has 0 spiro atoms. The Bertz CT molecular complexity index is 1200. The number of oxazole rings is 1. The van der Waals surface area contributed by atoms with E-state index in [1.807, 2.05) is 43.3 Å². The number of halogens is 1. The lowest BCUT2D eigenvalue weighted by Crippen LogP contribution is -2.01. The maximum atomic E-state index is 11.9. The van der Waals surface area contributed by atoms with Gasteiger partial charge in [0, 0.05) is 5.56 Å². The van der Waals surface area contributed by atoms with Gasteiger partial charge in [-0.15, -0.1) is 0 Å². The summed E-state index contributed by atoms with van der Waals surface area (Å²) in [6, 6.07) is 17.5. The second kappa shape index (κ2) is 7.13. The van der Waals surface area contributed by atoms with Crippen LogP contribution >= 0.6 is 15.9 Å². The van der Waals surface area contributed by atoms with Crippen molar-refractivity contribution in [1.29, 1.82) is 0 Å². The number of phenolic OH excluding ortho intramolecular Hbond substituents is 1. The molecule has 0 unspecified atom stereocenters. The molecule has 0 atom stereocenters. The number of aromatic nitrogens is 1. The lowest BCUT2D eigenvalue weighted by atomic mass is 9.96. The number of benzene rings is 3. The predicted molar refractivity (Wildman–Crippen MR) is 110 cm³/mol. The molecule has 0 aliphatic carbocycles. The molecule has 5 nitrogen and oxygen atoms in total. The summed E-state index contributed by atoms with van der Waals surface area (Å²) >= 11 is 3.29. The van der Waals surface area contributed by atoms with E-state index in [-0.39, 0.29) is 15.8 Å². The molecule has 1 aromatic heterocycles. The van der Waals surface area contributed by atoms with Crippen molar-refractivity contribution in [2.75, 3.05) is 7.11 Å². The predicted octanol–water partition coefficient (Wildman–Crippen LogP) is 5.72. The van der Waals surface area contributed by atoms with Gasteiger partial charge in [-0.3, -0.25) is 0 Å². The number of carbonyl (C=O) groups excluding carboxylic acids is 1. The van der Waals surface area contributed by atoms with Crippen LogP contribution in [0.3, 0.4) is 0 Å². The van der Waals surface area contributed by atoms with Gasteiger partial charge in [0.1, 0.15) is 21.3 Å². The number of aromatic hydroxyl groups is 1. The minimum absolute atomic E-state index is 0.0245. The second-order valence-corrected chi connectivity index (χ2v) is 7.08. The molecule has 4 rings (SSSR count). The number of carbonyl (C=O) groups is 1. The van der Waals surface area contributed by atoms with Crippen LogP contribution in [0.1, 0.15) is 15.9 Å². The van der Waals surface area contributed by atoms with E-state index in [1.165, 1.54) is 13.2 Å². The number of hydrogen-bond donors (Lipinski definition) is 1. The summed E-state index contributed by atoms with van der Waals surface area (Å²) in [5, 5.41) is 10.3. The number of nitrogens with zero attached hydrogens (tertiary/aromatic N) is 1. The molecule has 28 heavy (non-hydrogen) atoms. The lowest BCUT2D eigenvalue weighted by Gasteiger charge is -2.09. The van der Waals surface area contributed by atoms with E-state index in [0.717, 1.165) is 22.3 Å². The largest absolute Gasteiger partial charge is 0.506 e. The molecular weight excluding hydrogens is 422 g/mol. The van der Waals surface area contributed by atoms with Gasteiger partial charge in [0.2, 0.25) is 5.89 Å². The van der Waals surface area contributed by atoms with Crippen molar-refractivity contribution in [2.24, 2.45) is 0 Å². The Morgan fingerprint density at radius 1 is 1.11 bits per heavy atom. The second-order valence-electron chi connectivity index (χ2n) is 6.29. The van der Waals surface area contributed by atoms with E-state index in [1.54, 1.807) is 0 Å². The summed E-state index contributed by atoms with van der Waals surface area (Å²) in [4.78, 5) is 16.4. The van der Waals surface area contributed by atoms with Crippen molar-refractivity contribution in [1.82, 2.24) is 4.98 Å². The quantitative estimate of drug-likeness (QED) is 0.414. The average Bonchev–Trinajstić information content (AvgIpc) is 3.15. The van der Waals surface area contributed by atoms with Crippen LogP contribution in [0.2, 0.25) is 0 Å². The number of phenols is 1. The Hall–Kier alpha value is -3.12. The van der Waals surface area contributed by atoms with Crippen molar-refractivity contribution in [3.63, 3.8) is 0 Å². The highest BCUT2D eigenvalue weighted by atomic mass is 79.9. The first kappa shape index (κ1) is 18.3. The Morgan fingerprint density at radius 2 is 1.82 bits per heavy atom. The zero-order valence-electron chi connectivity index (χ0n) is 15.2. The first-order chi connectivity index (χ1) is 13.5. The highest BCUT2D eigenvalue weighted by molar-refractivity contribution is 9.10. The molecular formula is C22H16BrNO4. The van der Waals surface area contributed by atoms with Gasteiger partial charge in [0.15, 0.2) is 5.58 Å². The maximum Gasteiger partial charge on any atom is 0.341 e. The minimum atomic E-state index is -0.646. The van der Waals surface area contributed by atoms with Gasteiger partial charge in [0.05, 0.1) is 7.11 Å². The summed E-state index contributed by atoms with van der Waals surface area (Å²) in [7, 11) is 1.26. The highest BCUT2D eigenvalue weighted by Gasteiger charge is 2.22. The van der Waals surface area contributed by atoms with E-state index in [2.05, 4.69) is 33.0 Å². The van der Waals surface area contributed by atoms with Gasteiger partial charge in [0.25, 0.3) is 0 Å². The summed E-state index contributed by atoms with van der Waals surface area (Å²) in [5.41, 5.74) is 4.88. The van der Waals surface area contributed by atoms with Crippen molar-refractivity contribution in [3.8, 4) is 28.3 Å². The van der Waals surface area contributed by atoms with Gasteiger partial charge in [-0.25, -0.2) is 9.78 Å². The molecule has 0 saturated heterocycles. The first-order valence-electron chi connectivity index (χ1n) is 8.57. The molecule has 0 bridgehead atoms. The van der Waals surface area contributed by atoms with Gasteiger partial charge in [-0.05, 0) is 51.7 Å². The van der Waals surface area contributed by atoms with Gasteiger partial charge in [-0.2, -0.15) is 0 Å². The van der Waals surface area contributed by atoms with Crippen LogP contribution in [0.4, 0.5) is 0 Å².